The van der Waals surface area contributed by atoms with E-state index in [0.29, 0.717) is 21.4 Å². The SMILES string of the molecule is CCN(CC)c1ccc2c(c1)OC(N)=C(C#N)[C@H]2c1cccc(Cl)c1Cl. The first-order valence-corrected chi connectivity index (χ1v) is 9.17. The molecule has 1 aliphatic heterocycles. The largest absolute Gasteiger partial charge is 0.440 e. The van der Waals surface area contributed by atoms with Gasteiger partial charge in [0.2, 0.25) is 5.88 Å². The van der Waals surface area contributed by atoms with Gasteiger partial charge in [0, 0.05) is 30.4 Å². The fraction of sp³-hybridized carbons (Fsp3) is 0.250. The van der Waals surface area contributed by atoms with E-state index in [-0.39, 0.29) is 5.88 Å². The number of hydrogen-bond acceptors (Lipinski definition) is 4. The van der Waals surface area contributed by atoms with Crippen LogP contribution in [-0.2, 0) is 0 Å². The van der Waals surface area contributed by atoms with Gasteiger partial charge in [-0.15, -0.1) is 0 Å². The van der Waals surface area contributed by atoms with E-state index in [1.165, 1.54) is 0 Å². The molecular weight excluding hydrogens is 369 g/mol. The summed E-state index contributed by atoms with van der Waals surface area (Å²) in [6.45, 7) is 5.96. The zero-order valence-electron chi connectivity index (χ0n) is 14.6. The first-order chi connectivity index (χ1) is 12.5. The Kier molecular flexibility index (Phi) is 5.31. The van der Waals surface area contributed by atoms with E-state index in [1.807, 2.05) is 30.3 Å². The molecule has 26 heavy (non-hydrogen) atoms. The first kappa shape index (κ1) is 18.4. The van der Waals surface area contributed by atoms with Crippen LogP contribution in [0.1, 0.15) is 30.9 Å². The maximum absolute atomic E-state index is 9.65. The molecule has 0 aromatic heterocycles. The molecule has 0 amide bonds. The summed E-state index contributed by atoms with van der Waals surface area (Å²) < 4.78 is 5.77. The lowest BCUT2D eigenvalue weighted by molar-refractivity contribution is 0.393. The first-order valence-electron chi connectivity index (χ1n) is 8.42. The minimum Gasteiger partial charge on any atom is -0.440 e. The van der Waals surface area contributed by atoms with Crippen molar-refractivity contribution in [2.45, 2.75) is 19.8 Å². The summed E-state index contributed by atoms with van der Waals surface area (Å²) in [5.41, 5.74) is 9.01. The van der Waals surface area contributed by atoms with Crippen molar-refractivity contribution in [1.82, 2.24) is 0 Å². The molecule has 2 N–H and O–H groups in total. The van der Waals surface area contributed by atoms with Crippen molar-refractivity contribution < 1.29 is 4.74 Å². The Balaban J connectivity index is 2.19. The number of nitrogens with zero attached hydrogens (tertiary/aromatic N) is 2. The molecule has 6 heteroatoms. The van der Waals surface area contributed by atoms with Gasteiger partial charge in [-0.3, -0.25) is 0 Å². The quantitative estimate of drug-likeness (QED) is 0.796. The van der Waals surface area contributed by atoms with Crippen molar-refractivity contribution in [3.05, 3.63) is 69.0 Å². The number of hydrogen-bond donors (Lipinski definition) is 1. The van der Waals surface area contributed by atoms with Crippen LogP contribution < -0.4 is 15.4 Å². The maximum atomic E-state index is 9.65. The predicted octanol–water partition coefficient (Wildman–Crippen LogP) is 5.06. The van der Waals surface area contributed by atoms with Gasteiger partial charge in [0.1, 0.15) is 17.4 Å². The topological polar surface area (TPSA) is 62.3 Å². The second kappa shape index (κ2) is 7.49. The molecule has 0 fully saturated rings. The second-order valence-electron chi connectivity index (χ2n) is 5.96. The third kappa shape index (κ3) is 3.09. The summed E-state index contributed by atoms with van der Waals surface area (Å²) in [6, 6.07) is 13.5. The van der Waals surface area contributed by atoms with Crippen LogP contribution in [0, 0.1) is 11.3 Å². The molecule has 1 atom stereocenters. The van der Waals surface area contributed by atoms with Gasteiger partial charge in [0.25, 0.3) is 0 Å². The minimum atomic E-state index is -0.416. The lowest BCUT2D eigenvalue weighted by Gasteiger charge is -2.29. The van der Waals surface area contributed by atoms with Crippen LogP contribution in [0.15, 0.2) is 47.9 Å². The van der Waals surface area contributed by atoms with E-state index in [1.54, 1.807) is 6.07 Å². The second-order valence-corrected chi connectivity index (χ2v) is 6.75. The highest BCUT2D eigenvalue weighted by molar-refractivity contribution is 6.42. The molecule has 0 saturated heterocycles. The third-order valence-electron chi connectivity index (χ3n) is 4.62. The highest BCUT2D eigenvalue weighted by Crippen LogP contribution is 2.46. The van der Waals surface area contributed by atoms with Crippen molar-refractivity contribution >= 4 is 28.9 Å². The fourth-order valence-corrected chi connectivity index (χ4v) is 3.71. The Morgan fingerprint density at radius 3 is 2.54 bits per heavy atom. The highest BCUT2D eigenvalue weighted by atomic mass is 35.5. The summed E-state index contributed by atoms with van der Waals surface area (Å²) >= 11 is 12.6. The van der Waals surface area contributed by atoms with Crippen LogP contribution in [0.4, 0.5) is 5.69 Å². The molecule has 3 rings (SSSR count). The van der Waals surface area contributed by atoms with Gasteiger partial charge in [-0.05, 0) is 31.5 Å². The van der Waals surface area contributed by atoms with Gasteiger partial charge < -0.3 is 15.4 Å². The molecule has 0 radical (unpaired) electrons. The summed E-state index contributed by atoms with van der Waals surface area (Å²) in [5, 5.41) is 10.5. The van der Waals surface area contributed by atoms with E-state index in [4.69, 9.17) is 33.7 Å². The van der Waals surface area contributed by atoms with Crippen LogP contribution in [0.3, 0.4) is 0 Å². The number of rotatable bonds is 4. The lowest BCUT2D eigenvalue weighted by atomic mass is 9.83. The van der Waals surface area contributed by atoms with E-state index >= 15 is 0 Å². The van der Waals surface area contributed by atoms with E-state index < -0.39 is 5.92 Å². The lowest BCUT2D eigenvalue weighted by Crippen LogP contribution is -2.24. The smallest absolute Gasteiger partial charge is 0.205 e. The fourth-order valence-electron chi connectivity index (χ4n) is 3.29. The standard InChI is InChI=1S/C20H19Cl2N3O/c1-3-25(4-2)12-8-9-13-17(10-12)26-20(24)15(11-23)18(13)14-6-5-7-16(21)19(14)22/h5-10,18H,3-4,24H2,1-2H3/t18-/m1/s1. The van der Waals surface area contributed by atoms with E-state index in [9.17, 15) is 5.26 Å². The van der Waals surface area contributed by atoms with Crippen LogP contribution in [0.2, 0.25) is 10.0 Å². The number of benzene rings is 2. The Bertz CT molecular complexity index is 914. The molecule has 1 heterocycles. The molecule has 0 spiro atoms. The van der Waals surface area contributed by atoms with Gasteiger partial charge in [-0.2, -0.15) is 5.26 Å². The predicted molar refractivity (Wildman–Crippen MR) is 106 cm³/mol. The zero-order valence-corrected chi connectivity index (χ0v) is 16.1. The number of halogens is 2. The number of allylic oxidation sites excluding steroid dienone is 1. The van der Waals surface area contributed by atoms with Gasteiger partial charge in [-0.25, -0.2) is 0 Å². The molecule has 1 aliphatic rings. The molecule has 0 saturated carbocycles. The Morgan fingerprint density at radius 2 is 1.88 bits per heavy atom. The van der Waals surface area contributed by atoms with Gasteiger partial charge in [0.05, 0.1) is 16.0 Å². The van der Waals surface area contributed by atoms with Crippen LogP contribution >= 0.6 is 23.2 Å². The molecule has 134 valence electrons. The van der Waals surface area contributed by atoms with Crippen molar-refractivity contribution in [1.29, 1.82) is 5.26 Å². The molecule has 0 unspecified atom stereocenters. The van der Waals surface area contributed by atoms with Crippen molar-refractivity contribution in [2.75, 3.05) is 18.0 Å². The molecule has 0 aliphatic carbocycles. The van der Waals surface area contributed by atoms with E-state index in [2.05, 4.69) is 24.8 Å². The number of anilines is 1. The molecule has 4 nitrogen and oxygen atoms in total. The van der Waals surface area contributed by atoms with Crippen molar-refractivity contribution in [3.8, 4) is 11.8 Å². The molecular formula is C20H19Cl2N3O. The monoisotopic (exact) mass is 387 g/mol. The van der Waals surface area contributed by atoms with Crippen LogP contribution in [-0.4, -0.2) is 13.1 Å². The van der Waals surface area contributed by atoms with Crippen molar-refractivity contribution in [3.63, 3.8) is 0 Å². The van der Waals surface area contributed by atoms with Gasteiger partial charge >= 0.3 is 0 Å². The average molecular weight is 388 g/mol. The average Bonchev–Trinajstić information content (AvgIpc) is 2.64. The maximum Gasteiger partial charge on any atom is 0.205 e. The molecule has 2 aromatic rings. The summed E-state index contributed by atoms with van der Waals surface area (Å²) in [4.78, 5) is 2.21. The Morgan fingerprint density at radius 1 is 1.15 bits per heavy atom. The Labute approximate surface area is 163 Å². The Hall–Kier alpha value is -2.35. The molecule has 2 aromatic carbocycles. The number of ether oxygens (including phenoxy) is 1. The number of fused-ring (bicyclic) bond motifs is 1. The third-order valence-corrected chi connectivity index (χ3v) is 5.46. The van der Waals surface area contributed by atoms with Crippen LogP contribution in [0.5, 0.6) is 5.75 Å². The summed E-state index contributed by atoms with van der Waals surface area (Å²) in [7, 11) is 0. The van der Waals surface area contributed by atoms with E-state index in [0.717, 1.165) is 29.9 Å². The number of nitrogens with two attached hydrogens (primary N) is 1. The number of nitriles is 1. The van der Waals surface area contributed by atoms with Gasteiger partial charge in [-0.1, -0.05) is 41.4 Å². The summed E-state index contributed by atoms with van der Waals surface area (Å²) in [5.74, 6) is 0.311. The summed E-state index contributed by atoms with van der Waals surface area (Å²) in [6.07, 6.45) is 0. The van der Waals surface area contributed by atoms with Crippen molar-refractivity contribution in [2.24, 2.45) is 5.73 Å². The zero-order chi connectivity index (χ0) is 18.8. The van der Waals surface area contributed by atoms with Gasteiger partial charge in [0.15, 0.2) is 0 Å². The van der Waals surface area contributed by atoms with Crippen LogP contribution in [0.25, 0.3) is 0 Å². The molecule has 0 bridgehead atoms. The minimum absolute atomic E-state index is 0.0951. The normalized spacial score (nSPS) is 15.9. The highest BCUT2D eigenvalue weighted by Gasteiger charge is 2.32.